The van der Waals surface area contributed by atoms with Gasteiger partial charge in [0.05, 0.1) is 18.2 Å². The van der Waals surface area contributed by atoms with Gasteiger partial charge < -0.3 is 16.2 Å². The predicted octanol–water partition coefficient (Wildman–Crippen LogP) is 0.975. The number of ketones is 1. The Morgan fingerprint density at radius 2 is 2.06 bits per heavy atom. The normalized spacial score (nSPS) is 11.9. The quantitative estimate of drug-likeness (QED) is 0.461. The topological polar surface area (TPSA) is 95.4 Å². The second-order valence-electron chi connectivity index (χ2n) is 3.68. The highest BCUT2D eigenvalue weighted by molar-refractivity contribution is 6.03. The van der Waals surface area contributed by atoms with Crippen molar-refractivity contribution < 1.29 is 14.3 Å². The zero-order valence-electron chi connectivity index (χ0n) is 9.90. The van der Waals surface area contributed by atoms with E-state index in [9.17, 15) is 9.59 Å². The van der Waals surface area contributed by atoms with Gasteiger partial charge in [-0.25, -0.2) is 4.79 Å². The van der Waals surface area contributed by atoms with Crippen molar-refractivity contribution in [3.05, 3.63) is 29.3 Å². The van der Waals surface area contributed by atoms with Crippen molar-refractivity contribution in [3.63, 3.8) is 0 Å². The molecule has 0 amide bonds. The number of nitrogens with two attached hydrogens (primary N) is 2. The van der Waals surface area contributed by atoms with Crippen molar-refractivity contribution in [3.8, 4) is 0 Å². The van der Waals surface area contributed by atoms with E-state index in [0.29, 0.717) is 5.56 Å². The summed E-state index contributed by atoms with van der Waals surface area (Å²) in [6.45, 7) is 3.58. The zero-order chi connectivity index (χ0) is 13.0. The number of hydrogen-bond acceptors (Lipinski definition) is 5. The lowest BCUT2D eigenvalue weighted by Gasteiger charge is -2.08. The molecule has 1 rings (SSSR count). The third kappa shape index (κ3) is 3.04. The largest absolute Gasteiger partial charge is 0.462 e. The van der Waals surface area contributed by atoms with E-state index >= 15 is 0 Å². The molecule has 5 heteroatoms. The molecule has 0 saturated carbocycles. The minimum absolute atomic E-state index is 0.216. The SMILES string of the molecule is CCOC(=O)c1ccc(C(=O)C(C)N)cc1N. The summed E-state index contributed by atoms with van der Waals surface area (Å²) in [4.78, 5) is 23.1. The lowest BCUT2D eigenvalue weighted by atomic mass is 10.0. The van der Waals surface area contributed by atoms with Crippen LogP contribution in [-0.2, 0) is 4.74 Å². The van der Waals surface area contributed by atoms with Gasteiger partial charge in [0.2, 0.25) is 0 Å². The van der Waals surface area contributed by atoms with Crippen molar-refractivity contribution in [1.29, 1.82) is 0 Å². The van der Waals surface area contributed by atoms with Crippen molar-refractivity contribution in [2.75, 3.05) is 12.3 Å². The summed E-state index contributed by atoms with van der Waals surface area (Å²) >= 11 is 0. The summed E-state index contributed by atoms with van der Waals surface area (Å²) in [5.74, 6) is -0.711. The van der Waals surface area contributed by atoms with Gasteiger partial charge in [-0.15, -0.1) is 0 Å². The van der Waals surface area contributed by atoms with Crippen molar-refractivity contribution in [1.82, 2.24) is 0 Å². The standard InChI is InChI=1S/C12H16N2O3/c1-3-17-12(16)9-5-4-8(6-10(9)14)11(15)7(2)13/h4-7H,3,13-14H2,1-2H3. The number of esters is 1. The van der Waals surface area contributed by atoms with E-state index in [1.807, 2.05) is 0 Å². The molecule has 1 unspecified atom stereocenters. The van der Waals surface area contributed by atoms with Crippen LogP contribution < -0.4 is 11.5 Å². The van der Waals surface area contributed by atoms with Crippen LogP contribution in [0.4, 0.5) is 5.69 Å². The molecule has 0 heterocycles. The van der Waals surface area contributed by atoms with Crippen LogP contribution in [0.15, 0.2) is 18.2 Å². The molecule has 92 valence electrons. The van der Waals surface area contributed by atoms with E-state index in [-0.39, 0.29) is 23.6 Å². The third-order valence-electron chi connectivity index (χ3n) is 2.24. The number of carbonyl (C=O) groups excluding carboxylic acids is 2. The van der Waals surface area contributed by atoms with E-state index in [4.69, 9.17) is 16.2 Å². The maximum atomic E-state index is 11.6. The highest BCUT2D eigenvalue weighted by Gasteiger charge is 2.15. The second-order valence-corrected chi connectivity index (χ2v) is 3.68. The minimum atomic E-state index is -0.595. The van der Waals surface area contributed by atoms with Gasteiger partial charge in [-0.05, 0) is 26.0 Å². The van der Waals surface area contributed by atoms with E-state index in [0.717, 1.165) is 0 Å². The first-order valence-corrected chi connectivity index (χ1v) is 5.33. The molecule has 0 spiro atoms. The number of carbonyl (C=O) groups is 2. The fourth-order valence-corrected chi connectivity index (χ4v) is 1.37. The lowest BCUT2D eigenvalue weighted by molar-refractivity contribution is 0.0527. The number of Topliss-reactive ketones (excluding diaryl/α,β-unsaturated/α-hetero) is 1. The Labute approximate surface area is 99.7 Å². The molecule has 0 aromatic heterocycles. The fraction of sp³-hybridized carbons (Fsp3) is 0.333. The first-order chi connectivity index (χ1) is 7.97. The maximum Gasteiger partial charge on any atom is 0.340 e. The molecule has 4 N–H and O–H groups in total. The summed E-state index contributed by atoms with van der Waals surface area (Å²) < 4.78 is 4.83. The van der Waals surface area contributed by atoms with Crippen LogP contribution in [0.1, 0.15) is 34.6 Å². The maximum absolute atomic E-state index is 11.6. The summed E-state index contributed by atoms with van der Waals surface area (Å²) in [5.41, 5.74) is 12.0. The third-order valence-corrected chi connectivity index (χ3v) is 2.24. The van der Waals surface area contributed by atoms with Gasteiger partial charge in [-0.2, -0.15) is 0 Å². The van der Waals surface area contributed by atoms with Crippen LogP contribution in [0, 0.1) is 0 Å². The molecule has 0 saturated heterocycles. The van der Waals surface area contributed by atoms with Crippen LogP contribution >= 0.6 is 0 Å². The highest BCUT2D eigenvalue weighted by Crippen LogP contribution is 2.16. The first-order valence-electron chi connectivity index (χ1n) is 5.33. The molecule has 0 aliphatic rings. The molecule has 5 nitrogen and oxygen atoms in total. The number of anilines is 1. The smallest absolute Gasteiger partial charge is 0.340 e. The van der Waals surface area contributed by atoms with Gasteiger partial charge in [-0.1, -0.05) is 6.07 Å². The molecule has 0 bridgehead atoms. The van der Waals surface area contributed by atoms with Gasteiger partial charge in [0.1, 0.15) is 0 Å². The van der Waals surface area contributed by atoms with Crippen LogP contribution in [-0.4, -0.2) is 24.4 Å². The van der Waals surface area contributed by atoms with Crippen molar-refractivity contribution >= 4 is 17.4 Å². The molecule has 0 fully saturated rings. The van der Waals surface area contributed by atoms with Gasteiger partial charge in [0.15, 0.2) is 5.78 Å². The second kappa shape index (κ2) is 5.45. The molecule has 1 atom stereocenters. The molecule has 1 aromatic rings. The summed E-state index contributed by atoms with van der Waals surface area (Å²) in [7, 11) is 0. The van der Waals surface area contributed by atoms with E-state index in [1.165, 1.54) is 18.2 Å². The Bertz CT molecular complexity index is 441. The Balaban J connectivity index is 3.02. The Morgan fingerprint density at radius 1 is 1.41 bits per heavy atom. The number of ether oxygens (including phenoxy) is 1. The average Bonchev–Trinajstić information content (AvgIpc) is 2.27. The van der Waals surface area contributed by atoms with Gasteiger partial charge in [0.25, 0.3) is 0 Å². The molecular formula is C12H16N2O3. The Morgan fingerprint density at radius 3 is 2.53 bits per heavy atom. The summed E-state index contributed by atoms with van der Waals surface area (Å²) in [5, 5.41) is 0. The monoisotopic (exact) mass is 236 g/mol. The summed E-state index contributed by atoms with van der Waals surface area (Å²) in [6.07, 6.45) is 0. The molecule has 1 aromatic carbocycles. The van der Waals surface area contributed by atoms with Crippen molar-refractivity contribution in [2.24, 2.45) is 5.73 Å². The molecule has 0 radical (unpaired) electrons. The van der Waals surface area contributed by atoms with Gasteiger partial charge in [0, 0.05) is 11.3 Å². The van der Waals surface area contributed by atoms with E-state index in [2.05, 4.69) is 0 Å². The van der Waals surface area contributed by atoms with Crippen molar-refractivity contribution in [2.45, 2.75) is 19.9 Å². The molecule has 0 aliphatic carbocycles. The van der Waals surface area contributed by atoms with Gasteiger partial charge in [-0.3, -0.25) is 4.79 Å². The molecule has 17 heavy (non-hydrogen) atoms. The number of nitrogen functional groups attached to an aromatic ring is 1. The summed E-state index contributed by atoms with van der Waals surface area (Å²) in [6, 6.07) is 3.85. The number of hydrogen-bond donors (Lipinski definition) is 2. The Kier molecular flexibility index (Phi) is 4.23. The van der Waals surface area contributed by atoms with Crippen LogP contribution in [0.2, 0.25) is 0 Å². The lowest BCUT2D eigenvalue weighted by Crippen LogP contribution is -2.26. The molecule has 0 aliphatic heterocycles. The fourth-order valence-electron chi connectivity index (χ4n) is 1.37. The number of benzene rings is 1. The highest BCUT2D eigenvalue weighted by atomic mass is 16.5. The average molecular weight is 236 g/mol. The van der Waals surface area contributed by atoms with Crippen LogP contribution in [0.5, 0.6) is 0 Å². The Hall–Kier alpha value is -1.88. The zero-order valence-corrected chi connectivity index (χ0v) is 9.90. The minimum Gasteiger partial charge on any atom is -0.462 e. The van der Waals surface area contributed by atoms with E-state index in [1.54, 1.807) is 13.8 Å². The van der Waals surface area contributed by atoms with Gasteiger partial charge >= 0.3 is 5.97 Å². The van der Waals surface area contributed by atoms with E-state index < -0.39 is 12.0 Å². The first kappa shape index (κ1) is 13.2. The molecular weight excluding hydrogens is 220 g/mol. The van der Waals surface area contributed by atoms with Crippen LogP contribution in [0.3, 0.4) is 0 Å². The number of rotatable bonds is 4. The predicted molar refractivity (Wildman–Crippen MR) is 64.8 cm³/mol. The van der Waals surface area contributed by atoms with Crippen LogP contribution in [0.25, 0.3) is 0 Å².